The van der Waals surface area contributed by atoms with Crippen LogP contribution in [0.2, 0.25) is 4.34 Å². The number of anilines is 1. The molecule has 1 N–H and O–H groups in total. The van der Waals surface area contributed by atoms with Gasteiger partial charge < -0.3 is 10.2 Å². The van der Waals surface area contributed by atoms with E-state index in [1.165, 1.54) is 23.5 Å². The molecule has 7 heteroatoms. The molecule has 0 unspecified atom stereocenters. The smallest absolute Gasteiger partial charge is 0.174 e. The maximum atomic E-state index is 13.3. The predicted molar refractivity (Wildman–Crippen MR) is 104 cm³/mol. The molecule has 126 valence electrons. The zero-order valence-corrected chi connectivity index (χ0v) is 15.3. The summed E-state index contributed by atoms with van der Waals surface area (Å²) in [5, 5.41) is 3.94. The van der Waals surface area contributed by atoms with Gasteiger partial charge >= 0.3 is 0 Å². The Morgan fingerprint density at radius 3 is 2.56 bits per heavy atom. The molecular formula is C18H13ClFN3S2. The number of rotatable bonds is 3. The van der Waals surface area contributed by atoms with Crippen LogP contribution in [0.15, 0.2) is 60.8 Å². The number of pyridine rings is 1. The Kier molecular flexibility index (Phi) is 4.41. The zero-order valence-electron chi connectivity index (χ0n) is 12.9. The Labute approximate surface area is 159 Å². The minimum Gasteiger partial charge on any atom is -0.351 e. The fourth-order valence-electron chi connectivity index (χ4n) is 3.01. The maximum absolute atomic E-state index is 13.3. The molecule has 25 heavy (non-hydrogen) atoms. The third-order valence-electron chi connectivity index (χ3n) is 4.09. The van der Waals surface area contributed by atoms with Crippen LogP contribution in [0.25, 0.3) is 0 Å². The van der Waals surface area contributed by atoms with Crippen LogP contribution in [0, 0.1) is 5.82 Å². The van der Waals surface area contributed by atoms with Crippen molar-refractivity contribution in [3.05, 3.63) is 81.5 Å². The van der Waals surface area contributed by atoms with Gasteiger partial charge in [-0.3, -0.25) is 4.98 Å². The van der Waals surface area contributed by atoms with Gasteiger partial charge in [0.2, 0.25) is 0 Å². The third kappa shape index (κ3) is 3.13. The number of nitrogens with one attached hydrogen (secondary N) is 1. The van der Waals surface area contributed by atoms with Crippen LogP contribution in [0.5, 0.6) is 0 Å². The Balaban J connectivity index is 1.81. The first-order valence-corrected chi connectivity index (χ1v) is 9.25. The van der Waals surface area contributed by atoms with Crippen molar-refractivity contribution < 1.29 is 4.39 Å². The summed E-state index contributed by atoms with van der Waals surface area (Å²) < 4.78 is 14.1. The molecule has 1 aliphatic rings. The van der Waals surface area contributed by atoms with Crippen LogP contribution >= 0.6 is 35.2 Å². The number of thiophene rings is 1. The van der Waals surface area contributed by atoms with Gasteiger partial charge in [0, 0.05) is 16.8 Å². The van der Waals surface area contributed by atoms with Gasteiger partial charge in [0.05, 0.1) is 22.1 Å². The van der Waals surface area contributed by atoms with Crippen molar-refractivity contribution in [1.29, 1.82) is 0 Å². The summed E-state index contributed by atoms with van der Waals surface area (Å²) in [5.41, 5.74) is 1.72. The average Bonchev–Trinajstić information content (AvgIpc) is 3.20. The van der Waals surface area contributed by atoms with Crippen molar-refractivity contribution in [2.75, 3.05) is 4.90 Å². The lowest BCUT2D eigenvalue weighted by molar-refractivity contribution is 0.575. The quantitative estimate of drug-likeness (QED) is 0.630. The Morgan fingerprint density at radius 1 is 1.12 bits per heavy atom. The van der Waals surface area contributed by atoms with Crippen molar-refractivity contribution in [3.8, 4) is 0 Å². The SMILES string of the molecule is Fc1ccc(N2C(=S)N[C@H](c3ccccn3)[C@@H]2c2ccc(Cl)s2)cc1. The molecule has 2 atom stereocenters. The van der Waals surface area contributed by atoms with Crippen LogP contribution in [0.1, 0.15) is 22.7 Å². The monoisotopic (exact) mass is 389 g/mol. The molecule has 3 heterocycles. The molecule has 3 nitrogen and oxygen atoms in total. The molecule has 1 aromatic carbocycles. The van der Waals surface area contributed by atoms with Crippen LogP contribution in [0.3, 0.4) is 0 Å². The molecule has 2 aromatic heterocycles. The van der Waals surface area contributed by atoms with Crippen LogP contribution in [-0.2, 0) is 0 Å². The summed E-state index contributed by atoms with van der Waals surface area (Å²) in [4.78, 5) is 7.55. The third-order valence-corrected chi connectivity index (χ3v) is 5.70. The van der Waals surface area contributed by atoms with Gasteiger partial charge in [-0.25, -0.2) is 4.39 Å². The highest BCUT2D eigenvalue weighted by molar-refractivity contribution is 7.80. The lowest BCUT2D eigenvalue weighted by Crippen LogP contribution is -2.29. The summed E-state index contributed by atoms with van der Waals surface area (Å²) in [6.45, 7) is 0. The Morgan fingerprint density at radius 2 is 1.92 bits per heavy atom. The molecule has 3 aromatic rings. The average molecular weight is 390 g/mol. The van der Waals surface area contributed by atoms with Crippen LogP contribution in [-0.4, -0.2) is 10.1 Å². The number of hydrogen-bond acceptors (Lipinski definition) is 3. The molecule has 0 bridgehead atoms. The first-order valence-electron chi connectivity index (χ1n) is 7.65. The second-order valence-electron chi connectivity index (χ2n) is 5.61. The minimum absolute atomic E-state index is 0.106. The molecule has 1 aliphatic heterocycles. The summed E-state index contributed by atoms with van der Waals surface area (Å²) in [6, 6.07) is 15.8. The van der Waals surface area contributed by atoms with Gasteiger partial charge in [0.15, 0.2) is 5.11 Å². The standard InChI is InChI=1S/C18H13ClFN3S2/c19-15-9-8-14(25-15)17-16(13-3-1-2-10-21-13)22-18(24)23(17)12-6-4-11(20)5-7-12/h1-10,16-17H,(H,22,24)/t16-,17+/m1/s1. The normalized spacial score (nSPS) is 19.9. The molecule has 4 rings (SSSR count). The number of thiocarbonyl (C=S) groups is 1. The van der Waals surface area contributed by atoms with Crippen molar-refractivity contribution in [2.24, 2.45) is 0 Å². The predicted octanol–water partition coefficient (Wildman–Crippen LogP) is 5.11. The molecular weight excluding hydrogens is 377 g/mol. The second-order valence-corrected chi connectivity index (χ2v) is 7.75. The van der Waals surface area contributed by atoms with Gasteiger partial charge in [-0.2, -0.15) is 0 Å². The molecule has 0 radical (unpaired) electrons. The second kappa shape index (κ2) is 6.71. The first kappa shape index (κ1) is 16.4. The van der Waals surface area contributed by atoms with Crippen molar-refractivity contribution in [1.82, 2.24) is 10.3 Å². The van der Waals surface area contributed by atoms with Gasteiger partial charge in [-0.05, 0) is 60.7 Å². The highest BCUT2D eigenvalue weighted by Crippen LogP contribution is 2.44. The van der Waals surface area contributed by atoms with E-state index in [4.69, 9.17) is 23.8 Å². The number of benzene rings is 1. The zero-order chi connectivity index (χ0) is 17.4. The van der Waals surface area contributed by atoms with E-state index in [1.807, 2.05) is 35.2 Å². The summed E-state index contributed by atoms with van der Waals surface area (Å²) in [6.07, 6.45) is 1.76. The van der Waals surface area contributed by atoms with E-state index in [9.17, 15) is 4.39 Å². The minimum atomic E-state index is -0.279. The van der Waals surface area contributed by atoms with E-state index in [2.05, 4.69) is 10.3 Å². The van der Waals surface area contributed by atoms with Crippen LogP contribution < -0.4 is 10.2 Å². The van der Waals surface area contributed by atoms with Crippen molar-refractivity contribution in [2.45, 2.75) is 12.1 Å². The number of nitrogens with zero attached hydrogens (tertiary/aromatic N) is 2. The van der Waals surface area contributed by atoms with Gasteiger partial charge in [0.25, 0.3) is 0 Å². The topological polar surface area (TPSA) is 28.2 Å². The fraction of sp³-hybridized carbons (Fsp3) is 0.111. The van der Waals surface area contributed by atoms with E-state index in [0.717, 1.165) is 16.3 Å². The highest BCUT2D eigenvalue weighted by Gasteiger charge is 2.41. The molecule has 0 spiro atoms. The van der Waals surface area contributed by atoms with E-state index in [-0.39, 0.29) is 17.9 Å². The molecule has 1 fully saturated rings. The van der Waals surface area contributed by atoms with E-state index in [1.54, 1.807) is 18.3 Å². The fourth-order valence-corrected chi connectivity index (χ4v) is 4.55. The van der Waals surface area contributed by atoms with Gasteiger partial charge in [-0.1, -0.05) is 17.7 Å². The van der Waals surface area contributed by atoms with E-state index in [0.29, 0.717) is 9.45 Å². The van der Waals surface area contributed by atoms with Crippen molar-refractivity contribution >= 4 is 46.0 Å². The van der Waals surface area contributed by atoms with Gasteiger partial charge in [0.1, 0.15) is 5.82 Å². The Hall–Kier alpha value is -2.02. The molecule has 0 saturated carbocycles. The summed E-state index contributed by atoms with van der Waals surface area (Å²) in [5.74, 6) is -0.279. The molecule has 0 aliphatic carbocycles. The summed E-state index contributed by atoms with van der Waals surface area (Å²) in [7, 11) is 0. The van der Waals surface area contributed by atoms with Crippen LogP contribution in [0.4, 0.5) is 10.1 Å². The summed E-state index contributed by atoms with van der Waals surface area (Å²) >= 11 is 13.3. The maximum Gasteiger partial charge on any atom is 0.174 e. The number of aromatic nitrogens is 1. The first-order chi connectivity index (χ1) is 12.1. The van der Waals surface area contributed by atoms with E-state index >= 15 is 0 Å². The lowest BCUT2D eigenvalue weighted by Gasteiger charge is -2.26. The lowest BCUT2D eigenvalue weighted by atomic mass is 10.0. The number of hydrogen-bond donors (Lipinski definition) is 1. The highest BCUT2D eigenvalue weighted by atomic mass is 35.5. The molecule has 0 amide bonds. The number of halogens is 2. The largest absolute Gasteiger partial charge is 0.351 e. The molecule has 1 saturated heterocycles. The van der Waals surface area contributed by atoms with Gasteiger partial charge in [-0.15, -0.1) is 11.3 Å². The van der Waals surface area contributed by atoms with E-state index < -0.39 is 0 Å². The Bertz CT molecular complexity index is 898. The van der Waals surface area contributed by atoms with Crippen molar-refractivity contribution in [3.63, 3.8) is 0 Å².